The third-order valence-corrected chi connectivity index (χ3v) is 0.796. The largest absolute Gasteiger partial charge is 0.241 e. The lowest BCUT2D eigenvalue weighted by atomic mass is 11.4. The first-order chi connectivity index (χ1) is 3.83. The van der Waals surface area contributed by atoms with E-state index in [9.17, 15) is 0 Å². The van der Waals surface area contributed by atoms with Crippen LogP contribution in [-0.2, 0) is 0 Å². The van der Waals surface area contributed by atoms with Crippen LogP contribution in [0.2, 0.25) is 0 Å². The van der Waals surface area contributed by atoms with E-state index in [1.807, 2.05) is 0 Å². The zero-order valence-corrected chi connectivity index (χ0v) is 5.20. The number of aromatic nitrogens is 4. The summed E-state index contributed by atoms with van der Waals surface area (Å²) in [6.07, 6.45) is 1.65. The molecular formula is C2BrN5. The van der Waals surface area contributed by atoms with Gasteiger partial charge in [-0.2, -0.15) is 5.26 Å². The third-order valence-electron chi connectivity index (χ3n) is 0.479. The molecule has 0 amide bonds. The fraction of sp³-hybridized carbons (Fsp3) is 0. The Morgan fingerprint density at radius 2 is 2.50 bits per heavy atom. The maximum absolute atomic E-state index is 8.08. The molecule has 6 heteroatoms. The van der Waals surface area contributed by atoms with Gasteiger partial charge in [0, 0.05) is 0 Å². The molecule has 0 aliphatic carbocycles. The Balaban J connectivity index is 3.05. The van der Waals surface area contributed by atoms with Gasteiger partial charge in [0.15, 0.2) is 0 Å². The van der Waals surface area contributed by atoms with Crippen molar-refractivity contribution in [1.82, 2.24) is 20.2 Å². The molecule has 0 saturated carbocycles. The molecular weight excluding hydrogens is 174 g/mol. The van der Waals surface area contributed by atoms with Gasteiger partial charge in [0.05, 0.1) is 0 Å². The number of nitrogens with zero attached hydrogens (tertiary/aromatic N) is 5. The molecule has 0 unspecified atom stereocenters. The highest BCUT2D eigenvalue weighted by Crippen LogP contribution is 1.93. The highest BCUT2D eigenvalue weighted by Gasteiger charge is 1.92. The SMILES string of the molecule is N#Cn1nnc(Br)n1. The fourth-order valence-electron chi connectivity index (χ4n) is 0.240. The van der Waals surface area contributed by atoms with Gasteiger partial charge in [-0.05, 0) is 21.1 Å². The van der Waals surface area contributed by atoms with E-state index in [4.69, 9.17) is 5.26 Å². The maximum atomic E-state index is 8.08. The summed E-state index contributed by atoms with van der Waals surface area (Å²) in [6, 6.07) is 0. The van der Waals surface area contributed by atoms with E-state index in [1.165, 1.54) is 0 Å². The first kappa shape index (κ1) is 5.18. The number of rotatable bonds is 0. The van der Waals surface area contributed by atoms with Crippen LogP contribution in [0, 0.1) is 11.5 Å². The normalized spacial score (nSPS) is 8.50. The zero-order valence-electron chi connectivity index (χ0n) is 3.61. The molecule has 1 aromatic rings. The monoisotopic (exact) mass is 173 g/mol. The van der Waals surface area contributed by atoms with Gasteiger partial charge in [-0.3, -0.25) is 0 Å². The van der Waals surface area contributed by atoms with Crippen molar-refractivity contribution in [3.05, 3.63) is 4.73 Å². The van der Waals surface area contributed by atoms with Gasteiger partial charge in [-0.1, -0.05) is 9.90 Å². The van der Waals surface area contributed by atoms with Gasteiger partial charge in [0.2, 0.25) is 10.9 Å². The molecule has 0 N–H and O–H groups in total. The van der Waals surface area contributed by atoms with Gasteiger partial charge in [-0.15, -0.1) is 5.10 Å². The van der Waals surface area contributed by atoms with Crippen molar-refractivity contribution in [2.24, 2.45) is 0 Å². The molecule has 0 atom stereocenters. The maximum Gasteiger partial charge on any atom is 0.241 e. The van der Waals surface area contributed by atoms with Crippen LogP contribution in [0.15, 0.2) is 4.73 Å². The van der Waals surface area contributed by atoms with Crippen molar-refractivity contribution in [2.45, 2.75) is 0 Å². The van der Waals surface area contributed by atoms with Crippen LogP contribution in [0.5, 0.6) is 0 Å². The number of hydrogen-bond acceptors (Lipinski definition) is 4. The van der Waals surface area contributed by atoms with Gasteiger partial charge in [0.25, 0.3) is 0 Å². The summed E-state index contributed by atoms with van der Waals surface area (Å²) in [5.74, 6) is 0. The Morgan fingerprint density at radius 3 is 2.75 bits per heavy atom. The lowest BCUT2D eigenvalue weighted by molar-refractivity contribution is 0.733. The Bertz CT molecular complexity index is 221. The minimum absolute atomic E-state index is 0.319. The van der Waals surface area contributed by atoms with E-state index in [1.54, 1.807) is 6.19 Å². The van der Waals surface area contributed by atoms with E-state index in [2.05, 4.69) is 31.3 Å². The second kappa shape index (κ2) is 1.88. The molecule has 1 aromatic heterocycles. The van der Waals surface area contributed by atoms with Crippen molar-refractivity contribution < 1.29 is 0 Å². The highest BCUT2D eigenvalue weighted by molar-refractivity contribution is 9.10. The quantitative estimate of drug-likeness (QED) is 0.544. The van der Waals surface area contributed by atoms with E-state index in [-0.39, 0.29) is 0 Å². The van der Waals surface area contributed by atoms with Crippen molar-refractivity contribution in [3.63, 3.8) is 0 Å². The smallest absolute Gasteiger partial charge is 0.169 e. The average Bonchev–Trinajstić information content (AvgIpc) is 2.14. The number of hydrogen-bond donors (Lipinski definition) is 0. The Morgan fingerprint density at radius 1 is 1.75 bits per heavy atom. The number of tetrazole rings is 1. The van der Waals surface area contributed by atoms with Gasteiger partial charge in [-0.25, -0.2) is 0 Å². The van der Waals surface area contributed by atoms with Crippen LogP contribution >= 0.6 is 15.9 Å². The van der Waals surface area contributed by atoms with Crippen LogP contribution in [0.4, 0.5) is 0 Å². The molecule has 0 aromatic carbocycles. The Labute approximate surface area is 53.0 Å². The molecule has 0 spiro atoms. The minimum atomic E-state index is 0.319. The summed E-state index contributed by atoms with van der Waals surface area (Å²) in [4.78, 5) is 0.810. The summed E-state index contributed by atoms with van der Waals surface area (Å²) >= 11 is 2.92. The highest BCUT2D eigenvalue weighted by atomic mass is 79.9. The summed E-state index contributed by atoms with van der Waals surface area (Å²) in [6.45, 7) is 0. The molecule has 1 heterocycles. The van der Waals surface area contributed by atoms with E-state index >= 15 is 0 Å². The predicted molar refractivity (Wildman–Crippen MR) is 26.5 cm³/mol. The standard InChI is InChI=1S/C2BrN5/c3-2-5-7-8(1-4)6-2. The predicted octanol–water partition coefficient (Wildman–Crippen LogP) is -0.235. The molecule has 0 radical (unpaired) electrons. The minimum Gasteiger partial charge on any atom is -0.169 e. The molecule has 8 heavy (non-hydrogen) atoms. The summed E-state index contributed by atoms with van der Waals surface area (Å²) < 4.78 is 0.319. The van der Waals surface area contributed by atoms with Crippen LogP contribution < -0.4 is 0 Å². The average molecular weight is 174 g/mol. The second-order valence-electron chi connectivity index (χ2n) is 0.948. The first-order valence-electron chi connectivity index (χ1n) is 1.68. The number of nitriles is 1. The van der Waals surface area contributed by atoms with Gasteiger partial charge >= 0.3 is 0 Å². The molecule has 0 saturated heterocycles. The first-order valence-corrected chi connectivity index (χ1v) is 2.48. The van der Waals surface area contributed by atoms with Gasteiger partial charge < -0.3 is 0 Å². The Hall–Kier alpha value is -0.960. The molecule has 5 nitrogen and oxygen atoms in total. The Kier molecular flexibility index (Phi) is 1.22. The second-order valence-corrected chi connectivity index (χ2v) is 1.66. The lowest BCUT2D eigenvalue weighted by Gasteiger charge is -1.68. The zero-order chi connectivity index (χ0) is 5.98. The van der Waals surface area contributed by atoms with Gasteiger partial charge in [0.1, 0.15) is 0 Å². The molecule has 40 valence electrons. The lowest BCUT2D eigenvalue weighted by Crippen LogP contribution is -1.91. The summed E-state index contributed by atoms with van der Waals surface area (Å²) in [5.41, 5.74) is 0. The number of halogens is 1. The van der Waals surface area contributed by atoms with Crippen molar-refractivity contribution in [1.29, 1.82) is 5.26 Å². The van der Waals surface area contributed by atoms with Crippen LogP contribution in [-0.4, -0.2) is 20.2 Å². The summed E-state index contributed by atoms with van der Waals surface area (Å²) in [5, 5.41) is 18.2. The summed E-state index contributed by atoms with van der Waals surface area (Å²) in [7, 11) is 0. The third kappa shape index (κ3) is 0.816. The molecule has 0 bridgehead atoms. The molecule has 0 aliphatic rings. The fourth-order valence-corrected chi connectivity index (χ4v) is 0.461. The van der Waals surface area contributed by atoms with E-state index in [0.717, 1.165) is 4.80 Å². The van der Waals surface area contributed by atoms with Crippen molar-refractivity contribution in [2.75, 3.05) is 0 Å². The topological polar surface area (TPSA) is 67.4 Å². The van der Waals surface area contributed by atoms with Crippen molar-refractivity contribution in [3.8, 4) is 6.19 Å². The van der Waals surface area contributed by atoms with Crippen molar-refractivity contribution >= 4 is 15.9 Å². The molecule has 0 fully saturated rings. The van der Waals surface area contributed by atoms with Crippen LogP contribution in [0.25, 0.3) is 0 Å². The van der Waals surface area contributed by atoms with Crippen LogP contribution in [0.3, 0.4) is 0 Å². The van der Waals surface area contributed by atoms with Crippen LogP contribution in [0.1, 0.15) is 0 Å². The van der Waals surface area contributed by atoms with E-state index in [0.29, 0.717) is 4.73 Å². The molecule has 1 rings (SSSR count). The van der Waals surface area contributed by atoms with E-state index < -0.39 is 0 Å². The molecule has 0 aliphatic heterocycles.